The molecular weight excluding hydrogens is 240 g/mol. The maximum absolute atomic E-state index is 5.02. The van der Waals surface area contributed by atoms with Crippen LogP contribution in [0.2, 0.25) is 0 Å². The lowest BCUT2D eigenvalue weighted by atomic mass is 10.2. The fourth-order valence-corrected chi connectivity index (χ4v) is 1.82. The Labute approximate surface area is 113 Å². The Morgan fingerprint density at radius 3 is 2.63 bits per heavy atom. The van der Waals surface area contributed by atoms with Crippen molar-refractivity contribution in [2.24, 2.45) is 0 Å². The number of hydrogen-bond acceptors (Lipinski definition) is 4. The molecule has 1 aromatic carbocycles. The van der Waals surface area contributed by atoms with Crippen molar-refractivity contribution >= 4 is 11.6 Å². The monoisotopic (exact) mass is 260 g/mol. The van der Waals surface area contributed by atoms with Crippen molar-refractivity contribution in [1.29, 1.82) is 0 Å². The molecule has 0 aliphatic carbocycles. The minimum Gasteiger partial charge on any atom is -0.383 e. The molecule has 2 aromatic rings. The number of imidazole rings is 1. The van der Waals surface area contributed by atoms with E-state index in [1.807, 2.05) is 24.9 Å². The highest BCUT2D eigenvalue weighted by Gasteiger charge is 2.04. The Hall–Kier alpha value is -2.01. The third kappa shape index (κ3) is 3.26. The molecule has 5 heteroatoms. The summed E-state index contributed by atoms with van der Waals surface area (Å²) in [6.07, 6.45) is 3.73. The summed E-state index contributed by atoms with van der Waals surface area (Å²) in [5.74, 6) is 0.828. The van der Waals surface area contributed by atoms with Crippen molar-refractivity contribution in [2.75, 3.05) is 44.6 Å². The van der Waals surface area contributed by atoms with Gasteiger partial charge in [-0.3, -0.25) is 4.57 Å². The molecule has 0 bridgehead atoms. The lowest BCUT2D eigenvalue weighted by Gasteiger charge is -2.14. The summed E-state index contributed by atoms with van der Waals surface area (Å²) >= 11 is 0. The first-order chi connectivity index (χ1) is 9.22. The molecule has 0 atom stereocenters. The van der Waals surface area contributed by atoms with Crippen LogP contribution in [0.4, 0.5) is 11.6 Å². The van der Waals surface area contributed by atoms with Crippen LogP contribution in [0.25, 0.3) is 5.69 Å². The second kappa shape index (κ2) is 6.24. The van der Waals surface area contributed by atoms with Crippen molar-refractivity contribution < 1.29 is 4.74 Å². The highest BCUT2D eigenvalue weighted by molar-refractivity contribution is 5.51. The number of anilines is 2. The van der Waals surface area contributed by atoms with Crippen LogP contribution in [-0.4, -0.2) is 43.9 Å². The van der Waals surface area contributed by atoms with Crippen LogP contribution in [0.3, 0.4) is 0 Å². The molecule has 1 aromatic heterocycles. The second-order valence-electron chi connectivity index (χ2n) is 4.45. The van der Waals surface area contributed by atoms with E-state index in [9.17, 15) is 0 Å². The molecule has 19 heavy (non-hydrogen) atoms. The third-order valence-electron chi connectivity index (χ3n) is 2.87. The van der Waals surface area contributed by atoms with Crippen molar-refractivity contribution in [3.8, 4) is 5.69 Å². The molecule has 102 valence electrons. The van der Waals surface area contributed by atoms with E-state index < -0.39 is 0 Å². The SMILES string of the molecule is COCCNc1nccn1-c1ccc(N(C)C)cc1. The molecule has 0 saturated carbocycles. The molecule has 0 fully saturated rings. The molecule has 0 unspecified atom stereocenters. The number of hydrogen-bond donors (Lipinski definition) is 1. The van der Waals surface area contributed by atoms with Gasteiger partial charge in [0.05, 0.1) is 6.61 Å². The fraction of sp³-hybridized carbons (Fsp3) is 0.357. The largest absolute Gasteiger partial charge is 0.383 e. The summed E-state index contributed by atoms with van der Waals surface area (Å²) in [6.45, 7) is 1.40. The van der Waals surface area contributed by atoms with Crippen molar-refractivity contribution in [3.63, 3.8) is 0 Å². The number of nitrogens with one attached hydrogen (secondary N) is 1. The molecule has 2 rings (SSSR count). The average molecular weight is 260 g/mol. The Morgan fingerprint density at radius 2 is 2.00 bits per heavy atom. The van der Waals surface area contributed by atoms with Gasteiger partial charge in [-0.15, -0.1) is 0 Å². The lowest BCUT2D eigenvalue weighted by Crippen LogP contribution is -2.12. The molecule has 0 aliphatic rings. The molecule has 0 spiro atoms. The molecule has 0 aliphatic heterocycles. The molecule has 0 radical (unpaired) electrons. The summed E-state index contributed by atoms with van der Waals surface area (Å²) in [5, 5.41) is 3.25. The first kappa shape index (κ1) is 13.4. The summed E-state index contributed by atoms with van der Waals surface area (Å²) in [5.41, 5.74) is 2.26. The standard InChI is InChI=1S/C14H20N4O/c1-17(2)12-4-6-13(7-5-12)18-10-8-15-14(18)16-9-11-19-3/h4-8,10H,9,11H2,1-3H3,(H,15,16). The van der Waals surface area contributed by atoms with Gasteiger partial charge in [0.2, 0.25) is 5.95 Å². The van der Waals surface area contributed by atoms with Crippen LogP contribution in [0, 0.1) is 0 Å². The number of aromatic nitrogens is 2. The molecule has 0 saturated heterocycles. The van der Waals surface area contributed by atoms with Gasteiger partial charge in [-0.2, -0.15) is 0 Å². The molecule has 1 N–H and O–H groups in total. The predicted molar refractivity (Wildman–Crippen MR) is 78.3 cm³/mol. The Kier molecular flexibility index (Phi) is 4.41. The topological polar surface area (TPSA) is 42.3 Å². The molecular formula is C14H20N4O. The summed E-state index contributed by atoms with van der Waals surface area (Å²) in [7, 11) is 5.75. The van der Waals surface area contributed by atoms with E-state index in [4.69, 9.17) is 4.74 Å². The normalized spacial score (nSPS) is 10.5. The van der Waals surface area contributed by atoms with Gasteiger partial charge < -0.3 is 15.0 Å². The predicted octanol–water partition coefficient (Wildman–Crippen LogP) is 2.00. The number of rotatable bonds is 6. The highest BCUT2D eigenvalue weighted by atomic mass is 16.5. The van der Waals surface area contributed by atoms with Gasteiger partial charge in [0.25, 0.3) is 0 Å². The van der Waals surface area contributed by atoms with Crippen molar-refractivity contribution in [3.05, 3.63) is 36.7 Å². The van der Waals surface area contributed by atoms with Gasteiger partial charge in [-0.25, -0.2) is 4.98 Å². The summed E-state index contributed by atoms with van der Waals surface area (Å²) in [6, 6.07) is 8.35. The number of methoxy groups -OCH3 is 1. The smallest absolute Gasteiger partial charge is 0.207 e. The van der Waals surface area contributed by atoms with E-state index >= 15 is 0 Å². The average Bonchev–Trinajstić information content (AvgIpc) is 2.87. The van der Waals surface area contributed by atoms with Gasteiger partial charge in [0.1, 0.15) is 0 Å². The van der Waals surface area contributed by atoms with Crippen LogP contribution in [0.1, 0.15) is 0 Å². The molecule has 0 amide bonds. The fourth-order valence-electron chi connectivity index (χ4n) is 1.82. The van der Waals surface area contributed by atoms with Crippen LogP contribution >= 0.6 is 0 Å². The number of benzene rings is 1. The zero-order chi connectivity index (χ0) is 13.7. The Balaban J connectivity index is 2.15. The van der Waals surface area contributed by atoms with Crippen LogP contribution < -0.4 is 10.2 Å². The second-order valence-corrected chi connectivity index (χ2v) is 4.45. The van der Waals surface area contributed by atoms with E-state index in [1.165, 1.54) is 5.69 Å². The van der Waals surface area contributed by atoms with Crippen LogP contribution in [0.15, 0.2) is 36.7 Å². The first-order valence-corrected chi connectivity index (χ1v) is 6.26. The van der Waals surface area contributed by atoms with E-state index in [-0.39, 0.29) is 0 Å². The van der Waals surface area contributed by atoms with E-state index in [0.29, 0.717) is 6.61 Å². The molecule has 5 nitrogen and oxygen atoms in total. The zero-order valence-corrected chi connectivity index (χ0v) is 11.6. The van der Waals surface area contributed by atoms with Gasteiger partial charge >= 0.3 is 0 Å². The van der Waals surface area contributed by atoms with Gasteiger partial charge in [0, 0.05) is 51.5 Å². The van der Waals surface area contributed by atoms with E-state index in [0.717, 1.165) is 18.2 Å². The lowest BCUT2D eigenvalue weighted by molar-refractivity contribution is 0.210. The van der Waals surface area contributed by atoms with Gasteiger partial charge in [-0.1, -0.05) is 0 Å². The highest BCUT2D eigenvalue weighted by Crippen LogP contribution is 2.18. The maximum Gasteiger partial charge on any atom is 0.207 e. The summed E-state index contributed by atoms with van der Waals surface area (Å²) < 4.78 is 7.05. The minimum absolute atomic E-state index is 0.659. The maximum atomic E-state index is 5.02. The summed E-state index contributed by atoms with van der Waals surface area (Å²) in [4.78, 5) is 6.39. The van der Waals surface area contributed by atoms with Crippen LogP contribution in [-0.2, 0) is 4.74 Å². The van der Waals surface area contributed by atoms with Crippen molar-refractivity contribution in [2.45, 2.75) is 0 Å². The Morgan fingerprint density at radius 1 is 1.26 bits per heavy atom. The van der Waals surface area contributed by atoms with Crippen LogP contribution in [0.5, 0.6) is 0 Å². The third-order valence-corrected chi connectivity index (χ3v) is 2.87. The minimum atomic E-state index is 0.659. The Bertz CT molecular complexity index is 504. The van der Waals surface area contributed by atoms with E-state index in [1.54, 1.807) is 13.3 Å². The number of ether oxygens (including phenoxy) is 1. The van der Waals surface area contributed by atoms with Crippen molar-refractivity contribution in [1.82, 2.24) is 9.55 Å². The zero-order valence-electron chi connectivity index (χ0n) is 11.6. The quantitative estimate of drug-likeness (QED) is 0.807. The van der Waals surface area contributed by atoms with Gasteiger partial charge in [0.15, 0.2) is 0 Å². The van der Waals surface area contributed by atoms with Gasteiger partial charge in [-0.05, 0) is 24.3 Å². The van der Waals surface area contributed by atoms with E-state index in [2.05, 4.69) is 39.5 Å². The number of nitrogens with zero attached hydrogens (tertiary/aromatic N) is 3. The first-order valence-electron chi connectivity index (χ1n) is 6.26. The molecule has 1 heterocycles.